The maximum absolute atomic E-state index is 10.1. The molecule has 0 atom stereocenters. The molecular formula is C31H63NO3. The zero-order chi connectivity index (χ0) is 26.2. The first-order chi connectivity index (χ1) is 16.5. The van der Waals surface area contributed by atoms with Gasteiger partial charge in [-0.1, -0.05) is 103 Å². The summed E-state index contributed by atoms with van der Waals surface area (Å²) < 4.78 is 6.34. The average molecular weight is 498 g/mol. The van der Waals surface area contributed by atoms with E-state index in [1.807, 2.05) is 0 Å². The smallest absolute Gasteiger partial charge is 0.0967 e. The molecule has 0 unspecified atom stereocenters. The van der Waals surface area contributed by atoms with Crippen LogP contribution in [0.4, 0.5) is 0 Å². The third kappa shape index (κ3) is 15.6. The van der Waals surface area contributed by atoms with Crippen LogP contribution in [0.1, 0.15) is 164 Å². The second-order valence-electron chi connectivity index (χ2n) is 13.2. The molecule has 0 aromatic rings. The summed E-state index contributed by atoms with van der Waals surface area (Å²) in [5.74, 6) is 0. The fourth-order valence-corrected chi connectivity index (χ4v) is 5.76. The molecule has 35 heavy (non-hydrogen) atoms. The van der Waals surface area contributed by atoms with Crippen molar-refractivity contribution in [1.82, 2.24) is 5.06 Å². The summed E-state index contributed by atoms with van der Waals surface area (Å²) in [5, 5.41) is 12.2. The van der Waals surface area contributed by atoms with Gasteiger partial charge in [0.1, 0.15) is 0 Å². The summed E-state index contributed by atoms with van der Waals surface area (Å²) in [4.78, 5) is 6.09. The molecule has 1 N–H and O–H groups in total. The predicted octanol–water partition coefficient (Wildman–Crippen LogP) is 8.99. The van der Waals surface area contributed by atoms with Crippen molar-refractivity contribution >= 4 is 0 Å². The molecule has 1 fully saturated rings. The van der Waals surface area contributed by atoms with Crippen molar-refractivity contribution in [1.29, 1.82) is 0 Å². The number of hydrogen-bond acceptors (Lipinski definition) is 4. The van der Waals surface area contributed by atoms with Gasteiger partial charge in [-0.25, -0.2) is 0 Å². The maximum atomic E-state index is 10.1. The van der Waals surface area contributed by atoms with E-state index in [0.29, 0.717) is 6.61 Å². The Morgan fingerprint density at radius 2 is 1.06 bits per heavy atom. The molecule has 0 bridgehead atoms. The van der Waals surface area contributed by atoms with Gasteiger partial charge in [0.15, 0.2) is 0 Å². The number of aliphatic hydroxyl groups is 1. The third-order valence-electron chi connectivity index (χ3n) is 7.45. The van der Waals surface area contributed by atoms with Crippen molar-refractivity contribution in [3.8, 4) is 0 Å². The van der Waals surface area contributed by atoms with E-state index in [-0.39, 0.29) is 17.2 Å². The van der Waals surface area contributed by atoms with Crippen molar-refractivity contribution in [2.75, 3.05) is 13.2 Å². The highest BCUT2D eigenvalue weighted by Gasteiger charge is 2.47. The van der Waals surface area contributed by atoms with Crippen LogP contribution in [-0.2, 0) is 9.57 Å². The highest BCUT2D eigenvalue weighted by atomic mass is 16.7. The number of ether oxygens (including phenoxy) is 1. The fraction of sp³-hybridized carbons (Fsp3) is 1.00. The minimum Gasteiger partial charge on any atom is -0.388 e. The number of unbranched alkanes of at least 4 members (excludes halogenated alkanes) is 15. The molecule has 0 spiro atoms. The SMILES string of the molecule is CCCCCCCCCCCCCCCCCCOC1CC(C)(C)N(OCC(C)(C)O)C(C)(C)C1. The lowest BCUT2D eigenvalue weighted by atomic mass is 9.80. The molecule has 0 amide bonds. The van der Waals surface area contributed by atoms with E-state index in [9.17, 15) is 5.11 Å². The van der Waals surface area contributed by atoms with Gasteiger partial charge in [0.05, 0.1) is 18.3 Å². The van der Waals surface area contributed by atoms with E-state index in [1.165, 1.54) is 103 Å². The molecule has 4 nitrogen and oxygen atoms in total. The first kappa shape index (κ1) is 32.9. The molecule has 1 saturated heterocycles. The molecule has 1 aliphatic heterocycles. The second kappa shape index (κ2) is 17.4. The van der Waals surface area contributed by atoms with Crippen LogP contribution < -0.4 is 0 Å². The summed E-state index contributed by atoms with van der Waals surface area (Å²) >= 11 is 0. The van der Waals surface area contributed by atoms with E-state index in [4.69, 9.17) is 9.57 Å². The van der Waals surface area contributed by atoms with Gasteiger partial charge in [-0.05, 0) is 60.8 Å². The molecule has 1 rings (SSSR count). The van der Waals surface area contributed by atoms with E-state index in [1.54, 1.807) is 13.8 Å². The minimum absolute atomic E-state index is 0.119. The standard InChI is InChI=1S/C31H63NO3/c1-8-9-10-11-12-13-14-15-16-17-18-19-20-21-22-23-24-34-28-25-29(2,3)32(30(4,5)26-28)35-27-31(6,7)33/h28,33H,8-27H2,1-7H3. The Balaban J connectivity index is 2.02. The van der Waals surface area contributed by atoms with Gasteiger partial charge in [-0.2, -0.15) is 5.06 Å². The Morgan fingerprint density at radius 1 is 0.686 bits per heavy atom. The molecular weight excluding hydrogens is 434 g/mol. The lowest BCUT2D eigenvalue weighted by Crippen LogP contribution is -2.62. The highest BCUT2D eigenvalue weighted by molar-refractivity contribution is 4.97. The molecule has 210 valence electrons. The van der Waals surface area contributed by atoms with Crippen molar-refractivity contribution in [3.05, 3.63) is 0 Å². The van der Waals surface area contributed by atoms with E-state index >= 15 is 0 Å². The summed E-state index contributed by atoms with van der Waals surface area (Å²) in [5.41, 5.74) is -1.06. The predicted molar refractivity (Wildman–Crippen MR) is 151 cm³/mol. The quantitative estimate of drug-likeness (QED) is 0.161. The molecule has 0 aromatic carbocycles. The Morgan fingerprint density at radius 3 is 1.43 bits per heavy atom. The van der Waals surface area contributed by atoms with Gasteiger partial charge in [0.25, 0.3) is 0 Å². The maximum Gasteiger partial charge on any atom is 0.0967 e. The van der Waals surface area contributed by atoms with E-state index < -0.39 is 5.60 Å². The number of rotatable bonds is 21. The van der Waals surface area contributed by atoms with E-state index in [0.717, 1.165) is 19.4 Å². The topological polar surface area (TPSA) is 41.9 Å². The summed E-state index contributed by atoms with van der Waals surface area (Å²) in [7, 11) is 0. The Labute approximate surface area is 219 Å². The van der Waals surface area contributed by atoms with Crippen LogP contribution in [0, 0.1) is 0 Å². The number of piperidine rings is 1. The van der Waals surface area contributed by atoms with Crippen molar-refractivity contribution in [2.45, 2.75) is 187 Å². The third-order valence-corrected chi connectivity index (χ3v) is 7.45. The lowest BCUT2D eigenvalue weighted by Gasteiger charge is -2.54. The van der Waals surface area contributed by atoms with Crippen LogP contribution in [-0.4, -0.2) is 46.2 Å². The Hall–Kier alpha value is -0.160. The summed E-state index contributed by atoms with van der Waals surface area (Å²) in [6.45, 7) is 16.0. The first-order valence-corrected chi connectivity index (χ1v) is 15.3. The zero-order valence-electron chi connectivity index (χ0n) is 24.9. The Bertz CT molecular complexity index is 494. The molecule has 0 aliphatic carbocycles. The van der Waals surface area contributed by atoms with Crippen LogP contribution in [0.3, 0.4) is 0 Å². The number of hydroxylamine groups is 2. The monoisotopic (exact) mass is 497 g/mol. The van der Waals surface area contributed by atoms with Crippen LogP contribution >= 0.6 is 0 Å². The van der Waals surface area contributed by atoms with E-state index in [2.05, 4.69) is 39.7 Å². The van der Waals surface area contributed by atoms with Crippen molar-refractivity contribution < 1.29 is 14.7 Å². The highest BCUT2D eigenvalue weighted by Crippen LogP contribution is 2.40. The Kier molecular flexibility index (Phi) is 16.3. The van der Waals surface area contributed by atoms with Gasteiger partial charge in [0.2, 0.25) is 0 Å². The summed E-state index contributed by atoms with van der Waals surface area (Å²) in [6, 6.07) is 0. The molecule has 0 radical (unpaired) electrons. The first-order valence-electron chi connectivity index (χ1n) is 15.3. The minimum atomic E-state index is -0.827. The molecule has 1 aliphatic rings. The molecule has 0 aromatic heterocycles. The summed E-state index contributed by atoms with van der Waals surface area (Å²) in [6.07, 6.45) is 24.6. The largest absolute Gasteiger partial charge is 0.388 e. The average Bonchev–Trinajstić information content (AvgIpc) is 2.73. The number of nitrogens with zero attached hydrogens (tertiary/aromatic N) is 1. The lowest BCUT2D eigenvalue weighted by molar-refractivity contribution is -0.308. The van der Waals surface area contributed by atoms with Gasteiger partial charge >= 0.3 is 0 Å². The molecule has 4 heteroatoms. The second-order valence-corrected chi connectivity index (χ2v) is 13.2. The van der Waals surface area contributed by atoms with Gasteiger partial charge in [-0.3, -0.25) is 4.84 Å². The van der Waals surface area contributed by atoms with Gasteiger partial charge < -0.3 is 9.84 Å². The normalized spacial score (nSPS) is 18.9. The van der Waals surface area contributed by atoms with Crippen LogP contribution in [0.15, 0.2) is 0 Å². The fourth-order valence-electron chi connectivity index (χ4n) is 5.76. The van der Waals surface area contributed by atoms with Crippen LogP contribution in [0.25, 0.3) is 0 Å². The van der Waals surface area contributed by atoms with Crippen LogP contribution in [0.2, 0.25) is 0 Å². The van der Waals surface area contributed by atoms with Crippen LogP contribution in [0.5, 0.6) is 0 Å². The van der Waals surface area contributed by atoms with Crippen molar-refractivity contribution in [3.63, 3.8) is 0 Å². The zero-order valence-corrected chi connectivity index (χ0v) is 24.9. The van der Waals surface area contributed by atoms with Crippen molar-refractivity contribution in [2.24, 2.45) is 0 Å². The molecule has 1 heterocycles. The molecule has 0 saturated carbocycles. The van der Waals surface area contributed by atoms with Gasteiger partial charge in [-0.15, -0.1) is 0 Å². The number of hydrogen-bond donors (Lipinski definition) is 1. The van der Waals surface area contributed by atoms with Gasteiger partial charge in [0, 0.05) is 17.7 Å².